The molecule has 0 saturated heterocycles. The number of rotatable bonds is 3. The molecule has 2 aromatic rings. The molecule has 0 fully saturated rings. The fourth-order valence-corrected chi connectivity index (χ4v) is 2.14. The van der Waals surface area contributed by atoms with E-state index in [1.807, 2.05) is 0 Å². The van der Waals surface area contributed by atoms with Crippen LogP contribution in [0.15, 0.2) is 40.9 Å². The van der Waals surface area contributed by atoms with Crippen LogP contribution in [0, 0.1) is 17.5 Å². The summed E-state index contributed by atoms with van der Waals surface area (Å²) in [6.45, 7) is 0. The second-order valence-electron chi connectivity index (χ2n) is 3.94. The van der Waals surface area contributed by atoms with Gasteiger partial charge in [0.25, 0.3) is 0 Å². The average Bonchev–Trinajstić information content (AvgIpc) is 2.36. The maximum Gasteiger partial charge on any atom is 0.168 e. The Morgan fingerprint density at radius 3 is 2.47 bits per heavy atom. The van der Waals surface area contributed by atoms with Crippen molar-refractivity contribution in [2.24, 2.45) is 0 Å². The van der Waals surface area contributed by atoms with E-state index < -0.39 is 23.2 Å². The van der Waals surface area contributed by atoms with Gasteiger partial charge < -0.3 is 0 Å². The van der Waals surface area contributed by atoms with Gasteiger partial charge in [0, 0.05) is 18.1 Å². The van der Waals surface area contributed by atoms with Gasteiger partial charge in [0.1, 0.15) is 17.5 Å². The number of hydrogen-bond acceptors (Lipinski definition) is 1. The molecule has 0 aliphatic carbocycles. The van der Waals surface area contributed by atoms with Gasteiger partial charge in [-0.15, -0.1) is 0 Å². The quantitative estimate of drug-likeness (QED) is 0.768. The predicted octanol–water partition coefficient (Wildman–Crippen LogP) is 4.29. The third-order valence-electron chi connectivity index (χ3n) is 2.62. The predicted molar refractivity (Wildman–Crippen MR) is 68.5 cm³/mol. The number of halogens is 4. The molecule has 0 amide bonds. The van der Waals surface area contributed by atoms with Gasteiger partial charge in [-0.25, -0.2) is 13.2 Å². The van der Waals surface area contributed by atoms with Gasteiger partial charge in [0.05, 0.1) is 4.47 Å². The molecule has 0 N–H and O–H groups in total. The highest BCUT2D eigenvalue weighted by Gasteiger charge is 2.15. The summed E-state index contributed by atoms with van der Waals surface area (Å²) in [6.07, 6.45) is -0.256. The SMILES string of the molecule is O=C(Cc1ccc(F)cc1F)c1cccc(F)c1Br. The molecule has 0 heterocycles. The highest BCUT2D eigenvalue weighted by atomic mass is 79.9. The monoisotopic (exact) mass is 328 g/mol. The van der Waals surface area contributed by atoms with E-state index in [9.17, 15) is 18.0 Å². The number of Topliss-reactive ketones (excluding diaryl/α,β-unsaturated/α-hetero) is 1. The van der Waals surface area contributed by atoms with Crippen molar-refractivity contribution in [2.45, 2.75) is 6.42 Å². The zero-order chi connectivity index (χ0) is 14.0. The van der Waals surface area contributed by atoms with Gasteiger partial charge in [-0.1, -0.05) is 18.2 Å². The molecular formula is C14H8BrF3O. The molecule has 2 rings (SSSR count). The third-order valence-corrected chi connectivity index (χ3v) is 3.42. The standard InChI is InChI=1S/C14H8BrF3O/c15-14-10(2-1-3-11(14)17)13(19)6-8-4-5-9(16)7-12(8)18/h1-5,7H,6H2. The first-order chi connectivity index (χ1) is 8.99. The first-order valence-corrected chi connectivity index (χ1v) is 6.19. The largest absolute Gasteiger partial charge is 0.294 e. The Bertz CT molecular complexity index is 641. The molecule has 98 valence electrons. The van der Waals surface area contributed by atoms with Crippen LogP contribution < -0.4 is 0 Å². The fraction of sp³-hybridized carbons (Fsp3) is 0.0714. The van der Waals surface area contributed by atoms with Crippen LogP contribution in [0.5, 0.6) is 0 Å². The molecule has 0 radical (unpaired) electrons. The van der Waals surface area contributed by atoms with Crippen LogP contribution >= 0.6 is 15.9 Å². The van der Waals surface area contributed by atoms with E-state index in [-0.39, 0.29) is 22.0 Å². The first kappa shape index (κ1) is 13.8. The molecule has 0 spiro atoms. The molecule has 2 aromatic carbocycles. The summed E-state index contributed by atoms with van der Waals surface area (Å²) in [6, 6.07) is 7.04. The maximum absolute atomic E-state index is 13.4. The van der Waals surface area contributed by atoms with Crippen molar-refractivity contribution in [3.8, 4) is 0 Å². The van der Waals surface area contributed by atoms with Crippen LogP contribution in [0.25, 0.3) is 0 Å². The van der Waals surface area contributed by atoms with Crippen molar-refractivity contribution >= 4 is 21.7 Å². The molecule has 0 bridgehead atoms. The molecule has 0 aromatic heterocycles. The summed E-state index contributed by atoms with van der Waals surface area (Å²) in [5.74, 6) is -2.51. The zero-order valence-corrected chi connectivity index (χ0v) is 11.2. The number of ketones is 1. The smallest absolute Gasteiger partial charge is 0.168 e. The summed E-state index contributed by atoms with van der Waals surface area (Å²) in [5.41, 5.74) is 0.200. The molecule has 0 aliphatic heterocycles. The van der Waals surface area contributed by atoms with E-state index in [1.165, 1.54) is 24.3 Å². The minimum Gasteiger partial charge on any atom is -0.294 e. The van der Waals surface area contributed by atoms with E-state index in [2.05, 4.69) is 15.9 Å². The maximum atomic E-state index is 13.4. The van der Waals surface area contributed by atoms with Crippen molar-refractivity contribution in [3.05, 3.63) is 69.4 Å². The summed E-state index contributed by atoms with van der Waals surface area (Å²) in [5, 5.41) is 0. The van der Waals surface area contributed by atoms with Crippen molar-refractivity contribution < 1.29 is 18.0 Å². The molecular weight excluding hydrogens is 321 g/mol. The fourth-order valence-electron chi connectivity index (χ4n) is 1.65. The van der Waals surface area contributed by atoms with Crippen LogP contribution in [0.3, 0.4) is 0 Å². The van der Waals surface area contributed by atoms with Gasteiger partial charge >= 0.3 is 0 Å². The lowest BCUT2D eigenvalue weighted by atomic mass is 10.0. The summed E-state index contributed by atoms with van der Waals surface area (Å²) >= 11 is 2.97. The Hall–Kier alpha value is -1.62. The highest BCUT2D eigenvalue weighted by molar-refractivity contribution is 9.10. The minimum absolute atomic E-state index is 0.0440. The molecule has 5 heteroatoms. The van der Waals surface area contributed by atoms with Gasteiger partial charge in [0.2, 0.25) is 0 Å². The van der Waals surface area contributed by atoms with Crippen LogP contribution in [0.1, 0.15) is 15.9 Å². The number of benzene rings is 2. The normalized spacial score (nSPS) is 10.5. The van der Waals surface area contributed by atoms with Crippen molar-refractivity contribution in [2.75, 3.05) is 0 Å². The van der Waals surface area contributed by atoms with Crippen molar-refractivity contribution in [3.63, 3.8) is 0 Å². The second kappa shape index (κ2) is 5.57. The molecule has 0 saturated carbocycles. The van der Waals surface area contributed by atoms with Crippen LogP contribution in [-0.4, -0.2) is 5.78 Å². The molecule has 0 atom stereocenters. The van der Waals surface area contributed by atoms with E-state index in [1.54, 1.807) is 0 Å². The number of carbonyl (C=O) groups excluding carboxylic acids is 1. The lowest BCUT2D eigenvalue weighted by Crippen LogP contribution is -2.07. The van der Waals surface area contributed by atoms with E-state index in [0.29, 0.717) is 6.07 Å². The topological polar surface area (TPSA) is 17.1 Å². The Kier molecular flexibility index (Phi) is 4.04. The molecule has 1 nitrogen and oxygen atoms in total. The van der Waals surface area contributed by atoms with Gasteiger partial charge in [-0.05, 0) is 33.6 Å². The Balaban J connectivity index is 2.28. The third kappa shape index (κ3) is 3.04. The summed E-state index contributed by atoms with van der Waals surface area (Å²) < 4.78 is 39.5. The zero-order valence-electron chi connectivity index (χ0n) is 9.59. The second-order valence-corrected chi connectivity index (χ2v) is 4.73. The molecule has 0 aliphatic rings. The van der Waals surface area contributed by atoms with Gasteiger partial charge in [-0.2, -0.15) is 0 Å². The Morgan fingerprint density at radius 2 is 1.79 bits per heavy atom. The summed E-state index contributed by atoms with van der Waals surface area (Å²) in [7, 11) is 0. The highest BCUT2D eigenvalue weighted by Crippen LogP contribution is 2.22. The van der Waals surface area contributed by atoms with E-state index in [4.69, 9.17) is 0 Å². The van der Waals surface area contributed by atoms with Crippen molar-refractivity contribution in [1.82, 2.24) is 0 Å². The minimum atomic E-state index is -0.791. The van der Waals surface area contributed by atoms with E-state index >= 15 is 0 Å². The van der Waals surface area contributed by atoms with E-state index in [0.717, 1.165) is 6.07 Å². The average molecular weight is 329 g/mol. The lowest BCUT2D eigenvalue weighted by Gasteiger charge is -2.05. The van der Waals surface area contributed by atoms with Gasteiger partial charge in [0.15, 0.2) is 5.78 Å². The number of carbonyl (C=O) groups is 1. The van der Waals surface area contributed by atoms with Crippen molar-refractivity contribution in [1.29, 1.82) is 0 Å². The Morgan fingerprint density at radius 1 is 1.05 bits per heavy atom. The van der Waals surface area contributed by atoms with Crippen LogP contribution in [0.4, 0.5) is 13.2 Å². The summed E-state index contributed by atoms with van der Waals surface area (Å²) in [4.78, 5) is 12.0. The lowest BCUT2D eigenvalue weighted by molar-refractivity contribution is 0.0990. The van der Waals surface area contributed by atoms with Crippen LogP contribution in [0.2, 0.25) is 0 Å². The molecule has 19 heavy (non-hydrogen) atoms. The Labute approximate surface area is 116 Å². The number of hydrogen-bond donors (Lipinski definition) is 0. The van der Waals surface area contributed by atoms with Crippen LogP contribution in [-0.2, 0) is 6.42 Å². The first-order valence-electron chi connectivity index (χ1n) is 5.40. The molecule has 0 unspecified atom stereocenters. The van der Waals surface area contributed by atoms with Gasteiger partial charge in [-0.3, -0.25) is 4.79 Å².